The van der Waals surface area contributed by atoms with Gasteiger partial charge in [-0.25, -0.2) is 19.9 Å². The Morgan fingerprint density at radius 2 is 0.495 bits per heavy atom. The van der Waals surface area contributed by atoms with Gasteiger partial charge >= 0.3 is 0 Å². The Hall–Kier alpha value is -11.7. The summed E-state index contributed by atoms with van der Waals surface area (Å²) in [7, 11) is 0. The third-order valence-corrected chi connectivity index (χ3v) is 19.7. The maximum Gasteiger partial charge on any atom is 0.231 e. The van der Waals surface area contributed by atoms with Crippen LogP contribution in [0, 0.1) is 55.4 Å². The summed E-state index contributed by atoms with van der Waals surface area (Å²) >= 11 is 0. The van der Waals surface area contributed by atoms with Crippen LogP contribution in [0.5, 0.6) is 0 Å². The average molecular weight is 1200 g/mol. The minimum absolute atomic E-state index is 0.452. The molecule has 0 N–H and O–H groups in total. The van der Waals surface area contributed by atoms with E-state index in [-0.39, 0.29) is 0 Å². The molecule has 9 nitrogen and oxygen atoms in total. The van der Waals surface area contributed by atoms with Crippen molar-refractivity contribution in [2.24, 2.45) is 0 Å². The molecule has 0 aliphatic carbocycles. The Balaban J connectivity index is 1.26. The number of fused-ring (bicyclic) bond motifs is 13. The number of rotatable bonds is 8. The number of hydrogen-bond acceptors (Lipinski definition) is 5. The highest BCUT2D eigenvalue weighted by molar-refractivity contribution is 6.20. The molecule has 0 amide bonds. The lowest BCUT2D eigenvalue weighted by atomic mass is 9.96. The van der Waals surface area contributed by atoms with Crippen molar-refractivity contribution in [3.63, 3.8) is 0 Å². The van der Waals surface area contributed by atoms with Crippen molar-refractivity contribution in [3.05, 3.63) is 275 Å². The van der Waals surface area contributed by atoms with Crippen molar-refractivity contribution in [1.29, 1.82) is 0 Å². The molecule has 12 aromatic carbocycles. The third kappa shape index (κ3) is 7.80. The highest BCUT2D eigenvalue weighted by Gasteiger charge is 2.39. The fourth-order valence-electron chi connectivity index (χ4n) is 15.7. The van der Waals surface area contributed by atoms with Gasteiger partial charge in [0.25, 0.3) is 0 Å². The summed E-state index contributed by atoms with van der Waals surface area (Å²) in [6.45, 7) is 18.0. The van der Waals surface area contributed by atoms with Crippen LogP contribution in [-0.2, 0) is 0 Å². The van der Waals surface area contributed by atoms with Gasteiger partial charge < -0.3 is 22.7 Å². The fraction of sp³-hybridized carbons (Fsp3) is 0.0952. The molecular weight excluding hydrogens is 1140 g/mol. The van der Waals surface area contributed by atoms with E-state index in [2.05, 4.69) is 274 Å². The Morgan fingerprint density at radius 3 is 0.785 bits per heavy atom. The number of nitrogens with zero attached hydrogens (tertiary/aromatic N) is 8. The van der Waals surface area contributed by atoms with Gasteiger partial charge in [0.05, 0.1) is 78.0 Å². The standard InChI is InChI=1S/C84H62N8O/c1-47-25-17-38-58-67(47)68-48(2)26-18-39-59(68)89(58)77-75(83-87-81(55-33-11-9-12-34-55)86-82(88-83)56-35-13-10-14-36-56)78(90-60-40-19-27-49(3)69(60)70-50(4)28-20-41-61(70)90)80(92-64-44-23-31-53(7)73(64)74-54(8)32-24-45-65(74)92)76(84-85-57-37-15-16-46-66(57)93-84)79(77)91-62-42-21-29-51(5)71(62)72-52(6)30-22-43-63(72)91/h9-46H,1-8H3. The van der Waals surface area contributed by atoms with Gasteiger partial charge in [0.15, 0.2) is 23.1 Å². The van der Waals surface area contributed by atoms with Crippen molar-refractivity contribution in [2.45, 2.75) is 55.4 Å². The van der Waals surface area contributed by atoms with Crippen LogP contribution in [0.15, 0.2) is 235 Å². The van der Waals surface area contributed by atoms with E-state index < -0.39 is 0 Å². The maximum absolute atomic E-state index is 7.65. The molecule has 0 atom stereocenters. The molecule has 18 aromatic rings. The van der Waals surface area contributed by atoms with Gasteiger partial charge in [0.2, 0.25) is 5.89 Å². The summed E-state index contributed by atoms with van der Waals surface area (Å²) in [6, 6.07) is 82.9. The number of benzene rings is 12. The second-order valence-corrected chi connectivity index (χ2v) is 25.3. The first-order valence-corrected chi connectivity index (χ1v) is 32.0. The average Bonchev–Trinajstić information content (AvgIpc) is 1.57. The zero-order valence-corrected chi connectivity index (χ0v) is 52.9. The SMILES string of the molecule is Cc1cccc2c1c1c(C)cccc1n2-c1c(-c2nc(-c3ccccc3)nc(-c3ccccc3)n2)c(-n2c3cccc(C)c3c3c(C)cccc32)c(-n2c3cccc(C)c3c3c(C)cccc32)c(-c2nc3ccccc3o2)c1-n1c2cccc(C)c2c2c(C)cccc21. The predicted molar refractivity (Wildman–Crippen MR) is 384 cm³/mol. The number of para-hydroxylation sites is 2. The van der Waals surface area contributed by atoms with Crippen molar-refractivity contribution < 1.29 is 4.42 Å². The molecule has 0 unspecified atom stereocenters. The predicted octanol–water partition coefficient (Wildman–Crippen LogP) is 21.5. The van der Waals surface area contributed by atoms with Crippen LogP contribution in [0.4, 0.5) is 0 Å². The fourth-order valence-corrected chi connectivity index (χ4v) is 15.7. The van der Waals surface area contributed by atoms with Crippen molar-refractivity contribution in [3.8, 4) is 68.4 Å². The largest absolute Gasteiger partial charge is 0.436 e. The molecule has 0 radical (unpaired) electrons. The first kappa shape index (κ1) is 54.3. The van der Waals surface area contributed by atoms with Crippen molar-refractivity contribution in [2.75, 3.05) is 0 Å². The third-order valence-electron chi connectivity index (χ3n) is 19.7. The molecule has 0 saturated carbocycles. The second kappa shape index (κ2) is 20.4. The van der Waals surface area contributed by atoms with Crippen molar-refractivity contribution in [1.82, 2.24) is 38.2 Å². The molecule has 0 saturated heterocycles. The summed E-state index contributed by atoms with van der Waals surface area (Å²) in [5, 5.41) is 9.29. The molecule has 0 fully saturated rings. The quantitative estimate of drug-likeness (QED) is 0.151. The van der Waals surface area contributed by atoms with Gasteiger partial charge in [0.1, 0.15) is 5.52 Å². The lowest BCUT2D eigenvalue weighted by Gasteiger charge is -2.30. The summed E-state index contributed by atoms with van der Waals surface area (Å²) in [6.07, 6.45) is 0. The Kier molecular flexibility index (Phi) is 11.9. The summed E-state index contributed by atoms with van der Waals surface area (Å²) < 4.78 is 17.8. The van der Waals surface area contributed by atoms with Crippen LogP contribution < -0.4 is 0 Å². The van der Waals surface area contributed by atoms with Gasteiger partial charge in [-0.1, -0.05) is 170 Å². The summed E-state index contributed by atoms with van der Waals surface area (Å²) in [5.41, 5.74) is 25.5. The number of oxazole rings is 1. The molecule has 93 heavy (non-hydrogen) atoms. The molecule has 18 rings (SSSR count). The van der Waals surface area contributed by atoms with E-state index in [0.29, 0.717) is 28.9 Å². The first-order valence-electron chi connectivity index (χ1n) is 32.0. The lowest BCUT2D eigenvalue weighted by Crippen LogP contribution is -2.17. The van der Waals surface area contributed by atoms with E-state index in [1.807, 2.05) is 30.3 Å². The Bertz CT molecular complexity index is 5610. The van der Waals surface area contributed by atoms with Gasteiger partial charge in [-0.3, -0.25) is 0 Å². The van der Waals surface area contributed by atoms with Crippen LogP contribution in [0.1, 0.15) is 44.5 Å². The van der Waals surface area contributed by atoms with Gasteiger partial charge in [-0.2, -0.15) is 0 Å². The van der Waals surface area contributed by atoms with Gasteiger partial charge in [-0.15, -0.1) is 0 Å². The molecule has 0 bridgehead atoms. The second-order valence-electron chi connectivity index (χ2n) is 25.3. The monoisotopic (exact) mass is 1200 g/mol. The minimum Gasteiger partial charge on any atom is -0.436 e. The number of aromatic nitrogens is 8. The van der Waals surface area contributed by atoms with E-state index in [4.69, 9.17) is 24.4 Å². The summed E-state index contributed by atoms with van der Waals surface area (Å²) in [5.74, 6) is 2.01. The molecule has 6 aromatic heterocycles. The number of aryl methyl sites for hydroxylation is 8. The molecule has 0 aliphatic heterocycles. The van der Waals surface area contributed by atoms with Gasteiger partial charge in [-0.05, 0) is 161 Å². The molecule has 0 aliphatic rings. The van der Waals surface area contributed by atoms with Crippen molar-refractivity contribution >= 4 is 98.3 Å². The normalized spacial score (nSPS) is 12.1. The molecule has 0 spiro atoms. The van der Waals surface area contributed by atoms with E-state index >= 15 is 0 Å². The van der Waals surface area contributed by atoms with Crippen LogP contribution in [0.2, 0.25) is 0 Å². The van der Waals surface area contributed by atoms with Crippen LogP contribution in [0.25, 0.3) is 167 Å². The van der Waals surface area contributed by atoms with Gasteiger partial charge in [0, 0.05) is 54.2 Å². The van der Waals surface area contributed by atoms with E-state index in [1.165, 1.54) is 0 Å². The maximum atomic E-state index is 7.65. The van der Waals surface area contributed by atoms with E-state index in [0.717, 1.165) is 182 Å². The minimum atomic E-state index is 0.452. The molecule has 444 valence electrons. The summed E-state index contributed by atoms with van der Waals surface area (Å²) in [4.78, 5) is 23.3. The Morgan fingerprint density at radius 1 is 0.237 bits per heavy atom. The lowest BCUT2D eigenvalue weighted by molar-refractivity contribution is 0.619. The van der Waals surface area contributed by atoms with Crippen LogP contribution in [0.3, 0.4) is 0 Å². The topological polar surface area (TPSA) is 84.4 Å². The molecule has 6 heterocycles. The first-order chi connectivity index (χ1) is 45.5. The van der Waals surface area contributed by atoms with Crippen LogP contribution >= 0.6 is 0 Å². The molecular formula is C84H62N8O. The van der Waals surface area contributed by atoms with Crippen LogP contribution in [-0.4, -0.2) is 38.2 Å². The van der Waals surface area contributed by atoms with E-state index in [1.54, 1.807) is 0 Å². The highest BCUT2D eigenvalue weighted by Crippen LogP contribution is 2.56. The zero-order chi connectivity index (χ0) is 62.7. The van der Waals surface area contributed by atoms with E-state index in [9.17, 15) is 0 Å². The zero-order valence-electron chi connectivity index (χ0n) is 52.9. The number of hydrogen-bond donors (Lipinski definition) is 0. The highest BCUT2D eigenvalue weighted by atomic mass is 16.3. The molecule has 9 heteroatoms. The Labute approximate surface area is 536 Å². The smallest absolute Gasteiger partial charge is 0.231 e.